The zero-order chi connectivity index (χ0) is 24.0. The molecular formula is C24H30N2O7. The number of carboxylic acids is 1. The summed E-state index contributed by atoms with van der Waals surface area (Å²) in [4.78, 5) is 26.5. The summed E-state index contributed by atoms with van der Waals surface area (Å²) in [6.45, 7) is 5.03. The molecule has 1 heterocycles. The van der Waals surface area contributed by atoms with E-state index in [0.717, 1.165) is 11.1 Å². The Balaban J connectivity index is 1.94. The summed E-state index contributed by atoms with van der Waals surface area (Å²) in [6.07, 6.45) is 0.328. The van der Waals surface area contributed by atoms with Gasteiger partial charge in [-0.15, -0.1) is 0 Å². The van der Waals surface area contributed by atoms with Crippen LogP contribution in [0, 0.1) is 0 Å². The number of aliphatic carboxylic acids is 1. The van der Waals surface area contributed by atoms with E-state index in [0.29, 0.717) is 54.9 Å². The van der Waals surface area contributed by atoms with E-state index >= 15 is 0 Å². The third-order valence-electron chi connectivity index (χ3n) is 5.39. The van der Waals surface area contributed by atoms with Crippen LogP contribution in [0.5, 0.6) is 23.0 Å². The van der Waals surface area contributed by atoms with Gasteiger partial charge in [-0.2, -0.15) is 0 Å². The van der Waals surface area contributed by atoms with Crippen molar-refractivity contribution in [2.45, 2.75) is 32.7 Å². The molecule has 1 aliphatic heterocycles. The number of carbonyl (C=O) groups is 2. The highest BCUT2D eigenvalue weighted by Gasteiger charge is 2.34. The van der Waals surface area contributed by atoms with E-state index in [2.05, 4.69) is 5.32 Å². The summed E-state index contributed by atoms with van der Waals surface area (Å²) in [5, 5.41) is 12.4. The van der Waals surface area contributed by atoms with E-state index in [1.54, 1.807) is 29.2 Å². The van der Waals surface area contributed by atoms with Crippen LogP contribution in [0.2, 0.25) is 0 Å². The molecule has 2 aromatic rings. The second kappa shape index (κ2) is 10.8. The van der Waals surface area contributed by atoms with E-state index in [4.69, 9.17) is 18.9 Å². The molecule has 2 amide bonds. The normalized spacial score (nSPS) is 14.8. The minimum Gasteiger partial charge on any atom is -0.497 e. The molecule has 1 aliphatic rings. The number of nitrogens with one attached hydrogen (secondary N) is 1. The Morgan fingerprint density at radius 1 is 1.00 bits per heavy atom. The standard InChI is InChI=1S/C24H30N2O7/c1-5-32-21-9-15-7-8-26(20(14-23(27)28)19(15)13-22(21)33-6-2)24(29)25-16-10-17(30-3)12-18(11-16)31-4/h9-13,20H,5-8,14H2,1-4H3,(H,25,29)(H,27,28)/t20-/m0/s1. The van der Waals surface area contributed by atoms with Gasteiger partial charge in [0, 0.05) is 30.4 Å². The van der Waals surface area contributed by atoms with Crippen molar-refractivity contribution in [3.05, 3.63) is 41.5 Å². The van der Waals surface area contributed by atoms with Crippen LogP contribution < -0.4 is 24.3 Å². The van der Waals surface area contributed by atoms with E-state index in [1.807, 2.05) is 19.9 Å². The average Bonchev–Trinajstić information content (AvgIpc) is 2.79. The molecule has 0 unspecified atom stereocenters. The number of ether oxygens (including phenoxy) is 4. The number of fused-ring (bicyclic) bond motifs is 1. The topological polar surface area (TPSA) is 107 Å². The van der Waals surface area contributed by atoms with Crippen LogP contribution in [-0.4, -0.2) is 56.0 Å². The van der Waals surface area contributed by atoms with E-state index in [-0.39, 0.29) is 6.42 Å². The largest absolute Gasteiger partial charge is 0.497 e. The Hall–Kier alpha value is -3.62. The van der Waals surface area contributed by atoms with Gasteiger partial charge in [0.1, 0.15) is 11.5 Å². The third kappa shape index (κ3) is 5.60. The lowest BCUT2D eigenvalue weighted by Crippen LogP contribution is -2.43. The van der Waals surface area contributed by atoms with Crippen LogP contribution >= 0.6 is 0 Å². The Morgan fingerprint density at radius 3 is 2.15 bits per heavy atom. The number of carbonyl (C=O) groups excluding carboxylic acids is 1. The van der Waals surface area contributed by atoms with Gasteiger partial charge in [0.05, 0.1) is 39.9 Å². The Bertz CT molecular complexity index is 986. The molecule has 0 spiro atoms. The van der Waals surface area contributed by atoms with E-state index in [1.165, 1.54) is 14.2 Å². The molecule has 0 fully saturated rings. The molecule has 9 nitrogen and oxygen atoms in total. The number of anilines is 1. The minimum absolute atomic E-state index is 0.235. The number of nitrogens with zero attached hydrogens (tertiary/aromatic N) is 1. The summed E-state index contributed by atoms with van der Waals surface area (Å²) in [7, 11) is 3.05. The maximum atomic E-state index is 13.2. The van der Waals surface area contributed by atoms with Crippen molar-refractivity contribution in [2.24, 2.45) is 0 Å². The van der Waals surface area contributed by atoms with Crippen molar-refractivity contribution in [1.82, 2.24) is 4.90 Å². The molecule has 9 heteroatoms. The van der Waals surface area contributed by atoms with Crippen molar-refractivity contribution in [1.29, 1.82) is 0 Å². The van der Waals surface area contributed by atoms with Gasteiger partial charge in [-0.05, 0) is 43.5 Å². The molecule has 2 N–H and O–H groups in total. The number of amides is 2. The number of hydrogen-bond donors (Lipinski definition) is 2. The highest BCUT2D eigenvalue weighted by Crippen LogP contribution is 2.40. The van der Waals surface area contributed by atoms with E-state index in [9.17, 15) is 14.7 Å². The number of hydrogen-bond acceptors (Lipinski definition) is 6. The second-order valence-corrected chi connectivity index (χ2v) is 7.45. The molecule has 0 saturated carbocycles. The molecule has 33 heavy (non-hydrogen) atoms. The van der Waals surface area contributed by atoms with Crippen LogP contribution in [-0.2, 0) is 11.2 Å². The number of carboxylic acid groups (broad SMARTS) is 1. The molecule has 178 valence electrons. The Kier molecular flexibility index (Phi) is 7.87. The van der Waals surface area contributed by atoms with Crippen LogP contribution in [0.4, 0.5) is 10.5 Å². The molecule has 2 aromatic carbocycles. The SMILES string of the molecule is CCOc1cc2c(cc1OCC)[C@H](CC(=O)O)N(C(=O)Nc1cc(OC)cc(OC)c1)CC2. The number of rotatable bonds is 9. The van der Waals surface area contributed by atoms with Crippen molar-refractivity contribution < 1.29 is 33.6 Å². The minimum atomic E-state index is -0.999. The van der Waals surface area contributed by atoms with Gasteiger partial charge in [0.25, 0.3) is 0 Å². The molecular weight excluding hydrogens is 428 g/mol. The Morgan fingerprint density at radius 2 is 1.61 bits per heavy atom. The lowest BCUT2D eigenvalue weighted by atomic mass is 9.90. The van der Waals surface area contributed by atoms with Crippen LogP contribution in [0.1, 0.15) is 37.4 Å². The zero-order valence-corrected chi connectivity index (χ0v) is 19.3. The second-order valence-electron chi connectivity index (χ2n) is 7.45. The zero-order valence-electron chi connectivity index (χ0n) is 19.3. The first kappa shape index (κ1) is 24.0. The number of methoxy groups -OCH3 is 2. The third-order valence-corrected chi connectivity index (χ3v) is 5.39. The van der Waals surface area contributed by atoms with Gasteiger partial charge >= 0.3 is 12.0 Å². The molecule has 0 saturated heterocycles. The molecule has 0 radical (unpaired) electrons. The molecule has 0 aliphatic carbocycles. The monoisotopic (exact) mass is 458 g/mol. The number of benzene rings is 2. The highest BCUT2D eigenvalue weighted by molar-refractivity contribution is 5.90. The summed E-state index contributed by atoms with van der Waals surface area (Å²) < 4.78 is 22.0. The maximum absolute atomic E-state index is 13.2. The summed E-state index contributed by atoms with van der Waals surface area (Å²) in [5.74, 6) is 1.21. The predicted molar refractivity (Wildman–Crippen MR) is 123 cm³/mol. The summed E-state index contributed by atoms with van der Waals surface area (Å²) in [5.41, 5.74) is 2.17. The van der Waals surface area contributed by atoms with Gasteiger partial charge < -0.3 is 34.3 Å². The molecule has 3 rings (SSSR count). The molecule has 1 atom stereocenters. The van der Waals surface area contributed by atoms with Crippen LogP contribution in [0.25, 0.3) is 0 Å². The van der Waals surface area contributed by atoms with Crippen molar-refractivity contribution in [3.63, 3.8) is 0 Å². The van der Waals surface area contributed by atoms with Gasteiger partial charge in [-0.3, -0.25) is 4.79 Å². The first-order valence-electron chi connectivity index (χ1n) is 10.8. The van der Waals surface area contributed by atoms with Crippen LogP contribution in [0.3, 0.4) is 0 Å². The smallest absolute Gasteiger partial charge is 0.322 e. The summed E-state index contributed by atoms with van der Waals surface area (Å²) >= 11 is 0. The summed E-state index contributed by atoms with van der Waals surface area (Å²) in [6, 6.07) is 7.66. The fourth-order valence-corrected chi connectivity index (χ4v) is 3.95. The fraction of sp³-hybridized carbons (Fsp3) is 0.417. The molecule has 0 aromatic heterocycles. The Labute approximate surface area is 193 Å². The van der Waals surface area contributed by atoms with Crippen molar-refractivity contribution >= 4 is 17.7 Å². The molecule has 0 bridgehead atoms. The van der Waals surface area contributed by atoms with Gasteiger partial charge in [-0.1, -0.05) is 0 Å². The first-order valence-corrected chi connectivity index (χ1v) is 10.8. The van der Waals surface area contributed by atoms with Crippen LogP contribution in [0.15, 0.2) is 30.3 Å². The lowest BCUT2D eigenvalue weighted by molar-refractivity contribution is -0.138. The van der Waals surface area contributed by atoms with E-state index < -0.39 is 18.0 Å². The van der Waals surface area contributed by atoms with Gasteiger partial charge in [0.15, 0.2) is 11.5 Å². The first-order chi connectivity index (χ1) is 15.9. The lowest BCUT2D eigenvalue weighted by Gasteiger charge is -2.37. The highest BCUT2D eigenvalue weighted by atomic mass is 16.5. The number of urea groups is 1. The quantitative estimate of drug-likeness (QED) is 0.582. The predicted octanol–water partition coefficient (Wildman–Crippen LogP) is 4.11. The average molecular weight is 459 g/mol. The van der Waals surface area contributed by atoms with Gasteiger partial charge in [0.2, 0.25) is 0 Å². The fourth-order valence-electron chi connectivity index (χ4n) is 3.95. The van der Waals surface area contributed by atoms with Crippen molar-refractivity contribution in [3.8, 4) is 23.0 Å². The van der Waals surface area contributed by atoms with Crippen molar-refractivity contribution in [2.75, 3.05) is 39.3 Å². The maximum Gasteiger partial charge on any atom is 0.322 e. The van der Waals surface area contributed by atoms with Gasteiger partial charge in [-0.25, -0.2) is 4.79 Å².